The van der Waals surface area contributed by atoms with Crippen LogP contribution in [0.5, 0.6) is 0 Å². The van der Waals surface area contributed by atoms with E-state index in [4.69, 9.17) is 0 Å². The van der Waals surface area contributed by atoms with E-state index < -0.39 is 23.7 Å². The molecular formula is C21H25F3N2O. The summed E-state index contributed by atoms with van der Waals surface area (Å²) in [7, 11) is 0. The van der Waals surface area contributed by atoms with Crippen LogP contribution in [0.4, 0.5) is 13.2 Å². The quantitative estimate of drug-likeness (QED) is 0.773. The molecule has 0 spiro atoms. The average molecular weight is 378 g/mol. The van der Waals surface area contributed by atoms with Gasteiger partial charge in [0.15, 0.2) is 6.04 Å². The van der Waals surface area contributed by atoms with Crippen molar-refractivity contribution in [2.45, 2.75) is 64.2 Å². The van der Waals surface area contributed by atoms with Crippen LogP contribution in [0.1, 0.15) is 58.2 Å². The van der Waals surface area contributed by atoms with Crippen LogP contribution < -0.4 is 5.43 Å². The summed E-state index contributed by atoms with van der Waals surface area (Å²) in [5.74, 6) is -0.398. The van der Waals surface area contributed by atoms with Crippen molar-refractivity contribution in [3.63, 3.8) is 0 Å². The van der Waals surface area contributed by atoms with Gasteiger partial charge in [0.2, 0.25) is 5.91 Å². The Morgan fingerprint density at radius 1 is 1.11 bits per heavy atom. The summed E-state index contributed by atoms with van der Waals surface area (Å²) in [4.78, 5) is 11.8. The van der Waals surface area contributed by atoms with Crippen molar-refractivity contribution >= 4 is 16.7 Å². The lowest BCUT2D eigenvalue weighted by atomic mass is 9.83. The Labute approximate surface area is 157 Å². The molecule has 0 bridgehead atoms. The Morgan fingerprint density at radius 3 is 2.30 bits per heavy atom. The van der Waals surface area contributed by atoms with E-state index >= 15 is 0 Å². The van der Waals surface area contributed by atoms with Gasteiger partial charge in [0.1, 0.15) is 0 Å². The van der Waals surface area contributed by atoms with Crippen molar-refractivity contribution in [1.29, 1.82) is 0 Å². The van der Waals surface area contributed by atoms with Crippen LogP contribution in [0.15, 0.2) is 36.4 Å². The molecule has 3 nitrogen and oxygen atoms in total. The molecule has 0 aliphatic carbocycles. The van der Waals surface area contributed by atoms with Crippen molar-refractivity contribution in [3.8, 4) is 0 Å². The molecule has 3 rings (SSSR count). The van der Waals surface area contributed by atoms with Gasteiger partial charge in [-0.2, -0.15) is 18.2 Å². The monoisotopic (exact) mass is 378 g/mol. The van der Waals surface area contributed by atoms with Crippen LogP contribution in [0.2, 0.25) is 0 Å². The topological polar surface area (TPSA) is 32.3 Å². The van der Waals surface area contributed by atoms with Crippen LogP contribution in [-0.2, 0) is 10.2 Å². The number of hydrogen-bond donors (Lipinski definition) is 1. The fourth-order valence-corrected chi connectivity index (χ4v) is 3.83. The minimum Gasteiger partial charge on any atom is -0.287 e. The summed E-state index contributed by atoms with van der Waals surface area (Å²) in [6.07, 6.45) is -4.49. The maximum atomic E-state index is 14.0. The number of hydrazine groups is 1. The second-order valence-corrected chi connectivity index (χ2v) is 8.87. The van der Waals surface area contributed by atoms with E-state index in [0.29, 0.717) is 0 Å². The Morgan fingerprint density at radius 2 is 1.78 bits per heavy atom. The van der Waals surface area contributed by atoms with Gasteiger partial charge in [0.05, 0.1) is 0 Å². The normalized spacial score (nSPS) is 19.3. The highest BCUT2D eigenvalue weighted by Gasteiger charge is 2.53. The summed E-state index contributed by atoms with van der Waals surface area (Å²) in [5, 5.41) is 2.75. The maximum absolute atomic E-state index is 14.0. The van der Waals surface area contributed by atoms with E-state index in [1.54, 1.807) is 26.0 Å². The molecule has 1 heterocycles. The number of nitrogens with one attached hydrogen (secondary N) is 1. The van der Waals surface area contributed by atoms with Gasteiger partial charge >= 0.3 is 6.18 Å². The van der Waals surface area contributed by atoms with E-state index in [1.165, 1.54) is 6.07 Å². The molecule has 1 saturated heterocycles. The molecule has 6 heteroatoms. The smallest absolute Gasteiger partial charge is 0.287 e. The van der Waals surface area contributed by atoms with Crippen LogP contribution >= 0.6 is 0 Å². The van der Waals surface area contributed by atoms with E-state index in [2.05, 4.69) is 26.2 Å². The summed E-state index contributed by atoms with van der Waals surface area (Å²) in [5.41, 5.74) is 2.57. The summed E-state index contributed by atoms with van der Waals surface area (Å²) in [6.45, 7) is 9.52. The van der Waals surface area contributed by atoms with E-state index in [-0.39, 0.29) is 17.4 Å². The van der Waals surface area contributed by atoms with Crippen molar-refractivity contribution in [2.24, 2.45) is 0 Å². The predicted octanol–water partition coefficient (Wildman–Crippen LogP) is 5.26. The van der Waals surface area contributed by atoms with Gasteiger partial charge in [-0.3, -0.25) is 10.2 Å². The number of rotatable bonds is 2. The first kappa shape index (κ1) is 19.7. The van der Waals surface area contributed by atoms with Gasteiger partial charge < -0.3 is 0 Å². The fraction of sp³-hybridized carbons (Fsp3) is 0.476. The zero-order chi connectivity index (χ0) is 20.2. The second kappa shape index (κ2) is 6.23. The molecule has 1 amide bonds. The molecule has 1 N–H and O–H groups in total. The molecule has 2 aromatic carbocycles. The van der Waals surface area contributed by atoms with E-state index in [9.17, 15) is 18.0 Å². The first-order chi connectivity index (χ1) is 12.3. The number of nitrogens with zero attached hydrogens (tertiary/aromatic N) is 1. The second-order valence-electron chi connectivity index (χ2n) is 8.87. The zero-order valence-corrected chi connectivity index (χ0v) is 16.2. The molecule has 1 aliphatic rings. The Kier molecular flexibility index (Phi) is 4.54. The molecule has 0 radical (unpaired) electrons. The number of halogens is 3. The Bertz CT molecular complexity index is 881. The highest BCUT2D eigenvalue weighted by atomic mass is 19.4. The van der Waals surface area contributed by atoms with Crippen LogP contribution in [0.3, 0.4) is 0 Å². The Hall–Kier alpha value is -2.08. The largest absolute Gasteiger partial charge is 0.409 e. The lowest BCUT2D eigenvalue weighted by Crippen LogP contribution is -2.51. The number of hydrogen-bond acceptors (Lipinski definition) is 2. The third kappa shape index (κ3) is 3.68. The van der Waals surface area contributed by atoms with Crippen molar-refractivity contribution in [3.05, 3.63) is 47.5 Å². The van der Waals surface area contributed by atoms with E-state index in [0.717, 1.165) is 21.3 Å². The molecule has 0 saturated carbocycles. The van der Waals surface area contributed by atoms with Gasteiger partial charge in [-0.05, 0) is 47.2 Å². The molecule has 2 aromatic rings. The molecule has 1 atom stereocenters. The molecule has 1 fully saturated rings. The number of carbonyl (C=O) groups is 1. The summed E-state index contributed by atoms with van der Waals surface area (Å²) >= 11 is 0. The van der Waals surface area contributed by atoms with Crippen molar-refractivity contribution in [1.82, 2.24) is 10.4 Å². The lowest BCUT2D eigenvalue weighted by molar-refractivity contribution is -0.203. The number of alkyl halides is 3. The number of fused-ring (bicyclic) bond motifs is 1. The summed E-state index contributed by atoms with van der Waals surface area (Å²) in [6, 6.07) is 8.68. The van der Waals surface area contributed by atoms with Crippen molar-refractivity contribution < 1.29 is 18.0 Å². The third-order valence-electron chi connectivity index (χ3n) is 5.09. The summed E-state index contributed by atoms with van der Waals surface area (Å²) < 4.78 is 42.0. The minimum atomic E-state index is -4.52. The molecule has 27 heavy (non-hydrogen) atoms. The first-order valence-electron chi connectivity index (χ1n) is 8.99. The van der Waals surface area contributed by atoms with Crippen LogP contribution in [0, 0.1) is 0 Å². The molecule has 0 aromatic heterocycles. The van der Waals surface area contributed by atoms with Crippen LogP contribution in [-0.4, -0.2) is 22.6 Å². The SMILES string of the molecule is CC(C)(C)c1cccc2cc([C@H](N3NC(=O)CC3(C)C)C(F)(F)F)ccc12. The van der Waals surface area contributed by atoms with Crippen LogP contribution in [0.25, 0.3) is 10.8 Å². The predicted molar refractivity (Wildman–Crippen MR) is 100 cm³/mol. The number of carbonyl (C=O) groups excluding carboxylic acids is 1. The standard InChI is InChI=1S/C21H25F3N2O/c1-19(2,3)16-8-6-7-13-11-14(9-10-15(13)16)18(21(22,23)24)26-20(4,5)12-17(27)25-26/h6-11,18H,12H2,1-5H3,(H,25,27)/t18-/m0/s1. The van der Waals surface area contributed by atoms with Crippen molar-refractivity contribution in [2.75, 3.05) is 0 Å². The minimum absolute atomic E-state index is 0.0291. The van der Waals surface area contributed by atoms with E-state index in [1.807, 2.05) is 18.2 Å². The van der Waals surface area contributed by atoms with Gasteiger partial charge in [-0.15, -0.1) is 0 Å². The van der Waals surface area contributed by atoms with Gasteiger partial charge in [-0.25, -0.2) is 0 Å². The first-order valence-corrected chi connectivity index (χ1v) is 8.99. The fourth-order valence-electron chi connectivity index (χ4n) is 3.83. The maximum Gasteiger partial charge on any atom is 0.409 e. The molecular weight excluding hydrogens is 353 g/mol. The molecule has 0 unspecified atom stereocenters. The Balaban J connectivity index is 2.14. The highest BCUT2D eigenvalue weighted by molar-refractivity contribution is 5.87. The highest BCUT2D eigenvalue weighted by Crippen LogP contribution is 2.43. The van der Waals surface area contributed by atoms with Gasteiger partial charge in [0, 0.05) is 12.0 Å². The third-order valence-corrected chi connectivity index (χ3v) is 5.09. The zero-order valence-electron chi connectivity index (χ0n) is 16.2. The molecule has 146 valence electrons. The lowest BCUT2D eigenvalue weighted by Gasteiger charge is -2.38. The number of amides is 1. The average Bonchev–Trinajstić information content (AvgIpc) is 2.76. The van der Waals surface area contributed by atoms with Gasteiger partial charge in [-0.1, -0.05) is 51.1 Å². The molecule has 1 aliphatic heterocycles. The number of benzene rings is 2. The van der Waals surface area contributed by atoms with Gasteiger partial charge in [0.25, 0.3) is 0 Å².